The summed E-state index contributed by atoms with van der Waals surface area (Å²) in [5, 5.41) is 0. The highest BCUT2D eigenvalue weighted by atomic mass is 32.2. The summed E-state index contributed by atoms with van der Waals surface area (Å²) >= 11 is 1.44. The van der Waals surface area contributed by atoms with E-state index in [1.165, 1.54) is 57.6 Å². The molecule has 2 aromatic carbocycles. The van der Waals surface area contributed by atoms with E-state index in [-0.39, 0.29) is 18.0 Å². The van der Waals surface area contributed by atoms with Crippen LogP contribution < -0.4 is 4.80 Å². The lowest BCUT2D eigenvalue weighted by Gasteiger charge is -2.19. The van der Waals surface area contributed by atoms with Crippen LogP contribution >= 0.6 is 11.3 Å². The van der Waals surface area contributed by atoms with Gasteiger partial charge in [0.05, 0.1) is 15.1 Å². The number of aryl methyl sites for hydroxylation is 1. The molecule has 0 N–H and O–H groups in total. The summed E-state index contributed by atoms with van der Waals surface area (Å²) in [4.78, 5) is 17.9. The van der Waals surface area contributed by atoms with Crippen molar-refractivity contribution >= 4 is 37.5 Å². The van der Waals surface area contributed by atoms with Crippen molar-refractivity contribution in [2.75, 3.05) is 13.1 Å². The molecule has 33 heavy (non-hydrogen) atoms. The third kappa shape index (κ3) is 5.30. The third-order valence-corrected chi connectivity index (χ3v) is 7.96. The molecule has 6 nitrogen and oxygen atoms in total. The number of hydrogen-bond acceptors (Lipinski definition) is 4. The van der Waals surface area contributed by atoms with E-state index in [2.05, 4.69) is 43.8 Å². The number of carbonyl (C=O) groups excluding carboxylic acids is 1. The van der Waals surface area contributed by atoms with Gasteiger partial charge >= 0.3 is 0 Å². The normalized spacial score (nSPS) is 12.2. The van der Waals surface area contributed by atoms with Gasteiger partial charge in [-0.2, -0.15) is 9.30 Å². The first-order chi connectivity index (χ1) is 15.8. The summed E-state index contributed by atoms with van der Waals surface area (Å²) < 4.78 is 30.0. The van der Waals surface area contributed by atoms with Crippen molar-refractivity contribution in [2.45, 2.75) is 24.8 Å². The first-order valence-corrected chi connectivity index (χ1v) is 12.8. The van der Waals surface area contributed by atoms with Crippen molar-refractivity contribution < 1.29 is 13.2 Å². The van der Waals surface area contributed by atoms with Gasteiger partial charge in [0.25, 0.3) is 5.91 Å². The molecule has 1 aromatic heterocycles. The maximum absolute atomic E-state index is 12.9. The lowest BCUT2D eigenvalue weighted by atomic mass is 10.2. The van der Waals surface area contributed by atoms with Crippen LogP contribution in [0.25, 0.3) is 10.2 Å². The molecule has 0 atom stereocenters. The number of thiazole rings is 1. The first kappa shape index (κ1) is 24.6. The van der Waals surface area contributed by atoms with Crippen molar-refractivity contribution in [1.82, 2.24) is 8.87 Å². The van der Waals surface area contributed by atoms with Gasteiger partial charge in [-0.15, -0.1) is 19.7 Å². The third-order valence-electron chi connectivity index (χ3n) is 5.07. The molecule has 0 aliphatic rings. The predicted octanol–water partition coefficient (Wildman–Crippen LogP) is 4.56. The Labute approximate surface area is 198 Å². The minimum Gasteiger partial charge on any atom is -0.312 e. The number of sulfonamides is 1. The second-order valence-electron chi connectivity index (χ2n) is 7.28. The number of hydrogen-bond donors (Lipinski definition) is 0. The van der Waals surface area contributed by atoms with Gasteiger partial charge in [-0.05, 0) is 48.4 Å². The number of aromatic nitrogens is 1. The summed E-state index contributed by atoms with van der Waals surface area (Å²) in [6.45, 7) is 14.0. The van der Waals surface area contributed by atoms with Crippen LogP contribution in [0, 0.1) is 0 Å². The number of nitrogens with zero attached hydrogens (tertiary/aromatic N) is 3. The first-order valence-electron chi connectivity index (χ1n) is 10.5. The fourth-order valence-electron chi connectivity index (χ4n) is 3.36. The highest BCUT2D eigenvalue weighted by molar-refractivity contribution is 7.89. The minimum atomic E-state index is -3.73. The van der Waals surface area contributed by atoms with Crippen LogP contribution in [-0.2, 0) is 23.0 Å². The van der Waals surface area contributed by atoms with Crippen LogP contribution in [0.4, 0.5) is 0 Å². The zero-order chi connectivity index (χ0) is 24.0. The average Bonchev–Trinajstić information content (AvgIpc) is 3.15. The second-order valence-corrected chi connectivity index (χ2v) is 10.2. The lowest BCUT2D eigenvalue weighted by molar-refractivity contribution is 0.0998. The summed E-state index contributed by atoms with van der Waals surface area (Å²) in [6.07, 6.45) is 5.73. The van der Waals surface area contributed by atoms with Crippen LogP contribution in [0.5, 0.6) is 0 Å². The van der Waals surface area contributed by atoms with Gasteiger partial charge in [0.15, 0.2) is 4.80 Å². The second kappa shape index (κ2) is 10.7. The Hall–Kier alpha value is -3.07. The quantitative estimate of drug-likeness (QED) is 0.399. The van der Waals surface area contributed by atoms with Gasteiger partial charge in [-0.1, -0.05) is 42.6 Å². The van der Waals surface area contributed by atoms with Gasteiger partial charge in [-0.3, -0.25) is 4.79 Å². The zero-order valence-electron chi connectivity index (χ0n) is 18.6. The van der Waals surface area contributed by atoms with Crippen LogP contribution in [0.3, 0.4) is 0 Å². The van der Waals surface area contributed by atoms with Gasteiger partial charge in [0.1, 0.15) is 0 Å². The molecule has 3 aromatic rings. The summed E-state index contributed by atoms with van der Waals surface area (Å²) in [7, 11) is -3.73. The van der Waals surface area contributed by atoms with E-state index >= 15 is 0 Å². The topological polar surface area (TPSA) is 71.7 Å². The number of rotatable bonds is 10. The van der Waals surface area contributed by atoms with Gasteiger partial charge < -0.3 is 4.57 Å². The van der Waals surface area contributed by atoms with Crippen LogP contribution in [0.1, 0.15) is 22.8 Å². The molecule has 8 heteroatoms. The molecule has 0 fully saturated rings. The molecule has 0 unspecified atom stereocenters. The number of carbonyl (C=O) groups is 1. The molecule has 0 saturated heterocycles. The van der Waals surface area contributed by atoms with E-state index in [0.717, 1.165) is 16.6 Å². The summed E-state index contributed by atoms with van der Waals surface area (Å²) in [5.41, 5.74) is 2.52. The van der Waals surface area contributed by atoms with Gasteiger partial charge in [0, 0.05) is 25.2 Å². The van der Waals surface area contributed by atoms with Gasteiger partial charge in [0.2, 0.25) is 10.0 Å². The van der Waals surface area contributed by atoms with Crippen molar-refractivity contribution in [3.63, 3.8) is 0 Å². The highest BCUT2D eigenvalue weighted by Gasteiger charge is 2.22. The van der Waals surface area contributed by atoms with Crippen LogP contribution in [-0.4, -0.2) is 36.3 Å². The lowest BCUT2D eigenvalue weighted by Crippen LogP contribution is -2.31. The molecule has 0 saturated carbocycles. The summed E-state index contributed by atoms with van der Waals surface area (Å²) in [5.74, 6) is -0.437. The number of benzene rings is 2. The predicted molar refractivity (Wildman–Crippen MR) is 135 cm³/mol. The Bertz CT molecular complexity index is 1350. The Morgan fingerprint density at radius 1 is 1.06 bits per heavy atom. The molecule has 0 aliphatic carbocycles. The average molecular weight is 482 g/mol. The molecule has 0 aliphatic heterocycles. The molecule has 3 rings (SSSR count). The maximum atomic E-state index is 12.9. The Balaban J connectivity index is 1.97. The zero-order valence-corrected chi connectivity index (χ0v) is 20.2. The fraction of sp³-hybridized carbons (Fsp3) is 0.200. The number of allylic oxidation sites excluding steroid dienone is 1. The highest BCUT2D eigenvalue weighted by Crippen LogP contribution is 2.20. The molecular weight excluding hydrogens is 454 g/mol. The SMILES string of the molecule is C=CCN(CC=C)S(=O)(=O)c1ccc(C(=O)N=c2sc3cc(CC)ccc3n2CC=C)cc1. The standard InChI is InChI=1S/C25H27N3O3S2/c1-5-15-27(16-6-2)33(30,31)21-12-10-20(11-13-21)24(29)26-25-28(17-7-3)22-14-9-19(8-4)18-23(22)32-25/h5-7,9-14,18H,1-3,8,15-17H2,4H3. The Morgan fingerprint density at radius 3 is 2.30 bits per heavy atom. The number of amides is 1. The molecule has 1 amide bonds. The van der Waals surface area contributed by atoms with E-state index in [1.54, 1.807) is 6.08 Å². The number of fused-ring (bicyclic) bond motifs is 1. The largest absolute Gasteiger partial charge is 0.312 e. The Morgan fingerprint density at radius 2 is 1.73 bits per heavy atom. The van der Waals surface area contributed by atoms with Crippen molar-refractivity contribution in [3.05, 3.63) is 96.4 Å². The molecule has 0 bridgehead atoms. The van der Waals surface area contributed by atoms with Crippen molar-refractivity contribution in [1.29, 1.82) is 0 Å². The minimum absolute atomic E-state index is 0.0958. The molecule has 1 heterocycles. The van der Waals surface area contributed by atoms with Crippen molar-refractivity contribution in [3.8, 4) is 0 Å². The molecule has 0 spiro atoms. The molecule has 0 radical (unpaired) electrons. The monoisotopic (exact) mass is 481 g/mol. The van der Waals surface area contributed by atoms with Crippen LogP contribution in [0.15, 0.2) is 90.3 Å². The smallest absolute Gasteiger partial charge is 0.279 e. The van der Waals surface area contributed by atoms with E-state index in [9.17, 15) is 13.2 Å². The van der Waals surface area contributed by atoms with E-state index < -0.39 is 15.9 Å². The van der Waals surface area contributed by atoms with E-state index in [0.29, 0.717) is 16.9 Å². The van der Waals surface area contributed by atoms with E-state index in [4.69, 9.17) is 0 Å². The van der Waals surface area contributed by atoms with Crippen molar-refractivity contribution in [2.24, 2.45) is 4.99 Å². The fourth-order valence-corrected chi connectivity index (χ4v) is 5.84. The van der Waals surface area contributed by atoms with Gasteiger partial charge in [-0.25, -0.2) is 8.42 Å². The van der Waals surface area contributed by atoms with Crippen LogP contribution in [0.2, 0.25) is 0 Å². The van der Waals surface area contributed by atoms with E-state index in [1.807, 2.05) is 10.6 Å². The molecular formula is C25H27N3O3S2. The Kier molecular flexibility index (Phi) is 7.97. The maximum Gasteiger partial charge on any atom is 0.279 e. The summed E-state index contributed by atoms with van der Waals surface area (Å²) in [6, 6.07) is 12.0. The molecule has 172 valence electrons.